The van der Waals surface area contributed by atoms with E-state index in [1.54, 1.807) is 0 Å². The van der Waals surface area contributed by atoms with Crippen molar-refractivity contribution >= 4 is 0 Å². The third kappa shape index (κ3) is 2.67. The third-order valence-corrected chi connectivity index (χ3v) is 2.96. The topological polar surface area (TPSA) is 17.8 Å². The molecule has 1 radical (unpaired) electrons. The fourth-order valence-corrected chi connectivity index (χ4v) is 2.11. The normalized spacial score (nSPS) is 10.1. The Kier molecular flexibility index (Phi) is 4.67. The molecule has 0 fully saturated rings. The van der Waals surface area contributed by atoms with Gasteiger partial charge < -0.3 is 0 Å². The summed E-state index contributed by atoms with van der Waals surface area (Å²) in [7, 11) is 0. The van der Waals surface area contributed by atoms with Crippen LogP contribution in [0.2, 0.25) is 0 Å². The molecule has 0 spiro atoms. The number of hydrogen-bond donors (Lipinski definition) is 0. The van der Waals surface area contributed by atoms with Crippen LogP contribution in [-0.2, 0) is 26.5 Å². The van der Waals surface area contributed by atoms with Crippen LogP contribution in [0.4, 0.5) is 0 Å². The van der Waals surface area contributed by atoms with Gasteiger partial charge in [-0.1, -0.05) is 13.8 Å². The first-order chi connectivity index (χ1) is 7.63. The molecular weight excluding hydrogens is 388 g/mol. The maximum Gasteiger partial charge on any atom is 0.0631 e. The van der Waals surface area contributed by atoms with E-state index in [1.165, 1.54) is 16.8 Å². The summed E-state index contributed by atoms with van der Waals surface area (Å²) in [6.07, 6.45) is 1.03. The predicted octanol–water partition coefficient (Wildman–Crippen LogP) is 3.16. The van der Waals surface area contributed by atoms with Gasteiger partial charge in [-0.05, 0) is 31.5 Å². The standard InChI is InChI=1S/C14H17N2.Ir/c1-5-14-11(3)15-16(12(14)4)13-8-6-7-10(2)9-13;/h6-7,9H,5H2,1-4H3;/q-1;. The van der Waals surface area contributed by atoms with Gasteiger partial charge in [0.1, 0.15) is 0 Å². The van der Waals surface area contributed by atoms with Crippen molar-refractivity contribution in [2.45, 2.75) is 34.1 Å². The second-order valence-electron chi connectivity index (χ2n) is 4.17. The average Bonchev–Trinajstić information content (AvgIpc) is 2.54. The smallest absolute Gasteiger partial charge is 0.0631 e. The van der Waals surface area contributed by atoms with Crippen molar-refractivity contribution < 1.29 is 20.1 Å². The Labute approximate surface area is 116 Å². The maximum absolute atomic E-state index is 4.58. The van der Waals surface area contributed by atoms with Crippen LogP contribution >= 0.6 is 0 Å². The van der Waals surface area contributed by atoms with Crippen molar-refractivity contribution in [3.63, 3.8) is 0 Å². The minimum absolute atomic E-state index is 0. The predicted molar refractivity (Wildman–Crippen MR) is 66.0 cm³/mol. The summed E-state index contributed by atoms with van der Waals surface area (Å²) in [6.45, 7) is 8.44. The molecule has 0 unspecified atom stereocenters. The number of nitrogens with zero attached hydrogens (tertiary/aromatic N) is 2. The summed E-state index contributed by atoms with van der Waals surface area (Å²) in [4.78, 5) is 0. The fourth-order valence-electron chi connectivity index (χ4n) is 2.11. The number of hydrogen-bond acceptors (Lipinski definition) is 1. The van der Waals surface area contributed by atoms with E-state index in [9.17, 15) is 0 Å². The van der Waals surface area contributed by atoms with Gasteiger partial charge >= 0.3 is 0 Å². The Morgan fingerprint density at radius 3 is 2.53 bits per heavy atom. The summed E-state index contributed by atoms with van der Waals surface area (Å²) < 4.78 is 1.99. The summed E-state index contributed by atoms with van der Waals surface area (Å²) in [5, 5.41) is 4.58. The van der Waals surface area contributed by atoms with E-state index in [1.807, 2.05) is 10.7 Å². The van der Waals surface area contributed by atoms with E-state index < -0.39 is 0 Å². The van der Waals surface area contributed by atoms with Gasteiger partial charge in [0, 0.05) is 25.8 Å². The molecule has 2 rings (SSSR count). The van der Waals surface area contributed by atoms with E-state index in [-0.39, 0.29) is 20.1 Å². The van der Waals surface area contributed by atoms with Gasteiger partial charge in [-0.3, -0.25) is 4.68 Å². The first-order valence-corrected chi connectivity index (χ1v) is 5.67. The van der Waals surface area contributed by atoms with Gasteiger partial charge in [-0.25, -0.2) is 0 Å². The maximum atomic E-state index is 4.58. The van der Waals surface area contributed by atoms with E-state index in [4.69, 9.17) is 0 Å². The molecule has 0 amide bonds. The zero-order chi connectivity index (χ0) is 11.7. The molecular formula is C14H17IrN2-. The molecule has 2 nitrogen and oxygen atoms in total. The number of benzene rings is 1. The van der Waals surface area contributed by atoms with Gasteiger partial charge in [0.15, 0.2) is 0 Å². The third-order valence-electron chi connectivity index (χ3n) is 2.96. The van der Waals surface area contributed by atoms with Crippen molar-refractivity contribution in [1.82, 2.24) is 9.78 Å². The Balaban J connectivity index is 0.00000144. The molecule has 0 aliphatic rings. The molecule has 3 heteroatoms. The summed E-state index contributed by atoms with van der Waals surface area (Å²) in [6, 6.07) is 9.34. The molecule has 17 heavy (non-hydrogen) atoms. The second kappa shape index (κ2) is 5.61. The van der Waals surface area contributed by atoms with Gasteiger partial charge in [0.05, 0.1) is 5.69 Å². The Hall–Kier alpha value is -0.921. The van der Waals surface area contributed by atoms with Crippen molar-refractivity contribution in [2.24, 2.45) is 0 Å². The Morgan fingerprint density at radius 2 is 2.00 bits per heavy atom. The van der Waals surface area contributed by atoms with Crippen LogP contribution in [-0.4, -0.2) is 9.78 Å². The van der Waals surface area contributed by atoms with Crippen molar-refractivity contribution in [1.29, 1.82) is 0 Å². The Bertz CT molecular complexity index is 515. The molecule has 0 saturated carbocycles. The van der Waals surface area contributed by atoms with E-state index in [0.29, 0.717) is 0 Å². The summed E-state index contributed by atoms with van der Waals surface area (Å²) in [5.41, 5.74) is 5.95. The van der Waals surface area contributed by atoms with Crippen LogP contribution in [0.3, 0.4) is 0 Å². The van der Waals surface area contributed by atoms with Crippen LogP contribution in [0.5, 0.6) is 0 Å². The molecule has 0 saturated heterocycles. The number of aryl methyl sites for hydroxylation is 2. The van der Waals surface area contributed by atoms with Crippen LogP contribution < -0.4 is 0 Å². The zero-order valence-electron chi connectivity index (χ0n) is 10.7. The molecule has 1 heterocycles. The van der Waals surface area contributed by atoms with Crippen LogP contribution in [0.15, 0.2) is 18.2 Å². The largest absolute Gasteiger partial charge is 0.262 e. The zero-order valence-corrected chi connectivity index (χ0v) is 13.1. The van der Waals surface area contributed by atoms with E-state index >= 15 is 0 Å². The van der Waals surface area contributed by atoms with Crippen molar-refractivity contribution in [3.8, 4) is 5.69 Å². The van der Waals surface area contributed by atoms with E-state index in [2.05, 4.69) is 51.0 Å². The molecule has 1 aromatic heterocycles. The number of rotatable bonds is 2. The molecule has 2 aromatic rings. The van der Waals surface area contributed by atoms with Gasteiger partial charge in [-0.2, -0.15) is 28.9 Å². The molecule has 0 atom stereocenters. The first-order valence-electron chi connectivity index (χ1n) is 5.67. The SMILES string of the molecule is CCc1c(C)nn(-c2[c-]ccc(C)c2)c1C.[Ir]. The fraction of sp³-hybridized carbons (Fsp3) is 0.357. The molecule has 0 bridgehead atoms. The van der Waals surface area contributed by atoms with Crippen LogP contribution in [0.1, 0.15) is 29.4 Å². The summed E-state index contributed by atoms with van der Waals surface area (Å²) >= 11 is 0. The van der Waals surface area contributed by atoms with Gasteiger partial charge in [0.2, 0.25) is 0 Å². The van der Waals surface area contributed by atoms with Gasteiger partial charge in [0.25, 0.3) is 0 Å². The van der Waals surface area contributed by atoms with E-state index in [0.717, 1.165) is 17.8 Å². The number of aromatic nitrogens is 2. The molecule has 0 N–H and O–H groups in total. The average molecular weight is 406 g/mol. The minimum Gasteiger partial charge on any atom is -0.262 e. The van der Waals surface area contributed by atoms with Crippen LogP contribution in [0, 0.1) is 26.8 Å². The molecule has 93 valence electrons. The van der Waals surface area contributed by atoms with Crippen LogP contribution in [0.25, 0.3) is 5.69 Å². The summed E-state index contributed by atoms with van der Waals surface area (Å²) in [5.74, 6) is 0. The first kappa shape index (κ1) is 14.1. The quantitative estimate of drug-likeness (QED) is 0.702. The second-order valence-corrected chi connectivity index (χ2v) is 4.17. The minimum atomic E-state index is 0. The molecule has 0 aliphatic carbocycles. The Morgan fingerprint density at radius 1 is 1.29 bits per heavy atom. The monoisotopic (exact) mass is 406 g/mol. The van der Waals surface area contributed by atoms with Gasteiger partial charge in [-0.15, -0.1) is 6.07 Å². The van der Waals surface area contributed by atoms with Crippen molar-refractivity contribution in [2.75, 3.05) is 0 Å². The molecule has 0 aliphatic heterocycles. The van der Waals surface area contributed by atoms with Crippen molar-refractivity contribution in [3.05, 3.63) is 46.8 Å². The molecule has 1 aromatic carbocycles.